The molecule has 10 rings (SSSR count). The maximum Gasteiger partial charge on any atom is 0.160 e. The minimum atomic E-state index is 0.701. The van der Waals surface area contributed by atoms with Crippen molar-refractivity contribution >= 4 is 38.5 Å². The molecule has 0 aliphatic carbocycles. The van der Waals surface area contributed by atoms with Crippen molar-refractivity contribution in [2.75, 3.05) is 4.90 Å². The molecule has 0 N–H and O–H groups in total. The summed E-state index contributed by atoms with van der Waals surface area (Å²) >= 11 is 1.87. The molecule has 0 bridgehead atoms. The van der Waals surface area contributed by atoms with E-state index in [4.69, 9.17) is 9.97 Å². The van der Waals surface area contributed by atoms with Crippen LogP contribution in [0, 0.1) is 0 Å². The van der Waals surface area contributed by atoms with Crippen LogP contribution in [0.25, 0.3) is 76.7 Å². The molecular weight excluding hydrogens is 651 g/mol. The number of anilines is 3. The summed E-state index contributed by atoms with van der Waals surface area (Å²) in [6.45, 7) is 0. The lowest BCUT2D eigenvalue weighted by molar-refractivity contribution is 1.18. The van der Waals surface area contributed by atoms with Gasteiger partial charge in [0.15, 0.2) is 5.82 Å². The quantitative estimate of drug-likeness (QED) is 0.181. The molecule has 1 aliphatic heterocycles. The number of fused-ring (bicyclic) bond motifs is 7. The van der Waals surface area contributed by atoms with Crippen molar-refractivity contribution < 1.29 is 0 Å². The van der Waals surface area contributed by atoms with Gasteiger partial charge in [0.1, 0.15) is 0 Å². The average molecular weight is 682 g/mol. The van der Waals surface area contributed by atoms with Gasteiger partial charge in [0.2, 0.25) is 0 Å². The Labute approximate surface area is 306 Å². The van der Waals surface area contributed by atoms with Gasteiger partial charge < -0.3 is 4.90 Å². The Bertz CT molecular complexity index is 2730. The van der Waals surface area contributed by atoms with Gasteiger partial charge in [-0.2, -0.15) is 0 Å². The van der Waals surface area contributed by atoms with E-state index in [-0.39, 0.29) is 0 Å². The molecule has 0 fully saturated rings. The Balaban J connectivity index is 1.13. The largest absolute Gasteiger partial charge is 0.309 e. The molecular formula is C48H31N3S. The van der Waals surface area contributed by atoms with Gasteiger partial charge in [-0.15, -0.1) is 11.3 Å². The Morgan fingerprint density at radius 2 is 0.962 bits per heavy atom. The van der Waals surface area contributed by atoms with E-state index in [0.717, 1.165) is 45.1 Å². The molecule has 3 nitrogen and oxygen atoms in total. The molecule has 0 spiro atoms. The molecule has 9 aromatic rings. The predicted molar refractivity (Wildman–Crippen MR) is 218 cm³/mol. The van der Waals surface area contributed by atoms with Crippen LogP contribution in [0.5, 0.6) is 0 Å². The Kier molecular flexibility index (Phi) is 7.33. The maximum absolute atomic E-state index is 5.19. The third-order valence-corrected chi connectivity index (χ3v) is 11.0. The minimum absolute atomic E-state index is 0.701. The summed E-state index contributed by atoms with van der Waals surface area (Å²) < 4.78 is 1.30. The smallest absolute Gasteiger partial charge is 0.160 e. The van der Waals surface area contributed by atoms with Gasteiger partial charge in [0.25, 0.3) is 0 Å². The van der Waals surface area contributed by atoms with Crippen LogP contribution in [0.3, 0.4) is 0 Å². The Morgan fingerprint density at radius 3 is 1.73 bits per heavy atom. The molecule has 0 atom stereocenters. The van der Waals surface area contributed by atoms with E-state index in [1.165, 1.54) is 42.8 Å². The summed E-state index contributed by atoms with van der Waals surface area (Å²) in [5.74, 6) is 0.701. The number of rotatable bonds is 5. The first-order chi connectivity index (χ1) is 25.8. The summed E-state index contributed by atoms with van der Waals surface area (Å²) in [5.41, 5.74) is 14.3. The predicted octanol–water partition coefficient (Wildman–Crippen LogP) is 13.5. The first-order valence-electron chi connectivity index (χ1n) is 17.5. The van der Waals surface area contributed by atoms with E-state index < -0.39 is 0 Å². The van der Waals surface area contributed by atoms with Crippen molar-refractivity contribution in [1.29, 1.82) is 0 Å². The fraction of sp³-hybridized carbons (Fsp3) is 0. The molecule has 1 aliphatic rings. The molecule has 7 aromatic carbocycles. The topological polar surface area (TPSA) is 29.0 Å². The van der Waals surface area contributed by atoms with E-state index in [0.29, 0.717) is 5.82 Å². The van der Waals surface area contributed by atoms with Gasteiger partial charge in [0, 0.05) is 54.0 Å². The highest BCUT2D eigenvalue weighted by atomic mass is 32.1. The molecule has 0 radical (unpaired) electrons. The van der Waals surface area contributed by atoms with E-state index in [9.17, 15) is 0 Å². The number of aromatic nitrogens is 2. The number of thiophene rings is 1. The van der Waals surface area contributed by atoms with E-state index >= 15 is 0 Å². The zero-order chi connectivity index (χ0) is 34.4. The van der Waals surface area contributed by atoms with Crippen LogP contribution in [0.1, 0.15) is 0 Å². The highest BCUT2D eigenvalue weighted by Crippen LogP contribution is 2.55. The second kappa shape index (κ2) is 12.6. The fourth-order valence-electron chi connectivity index (χ4n) is 7.38. The second-order valence-electron chi connectivity index (χ2n) is 13.0. The Hall–Kier alpha value is -6.62. The minimum Gasteiger partial charge on any atom is -0.309 e. The zero-order valence-corrected chi connectivity index (χ0v) is 29.0. The lowest BCUT2D eigenvalue weighted by Crippen LogP contribution is -2.11. The first kappa shape index (κ1) is 30.2. The highest BCUT2D eigenvalue weighted by Gasteiger charge is 2.28. The van der Waals surface area contributed by atoms with E-state index in [1.54, 1.807) is 0 Å². The van der Waals surface area contributed by atoms with Crippen LogP contribution in [-0.4, -0.2) is 9.97 Å². The zero-order valence-electron chi connectivity index (χ0n) is 28.1. The van der Waals surface area contributed by atoms with Crippen LogP contribution in [0.4, 0.5) is 17.1 Å². The standard InChI is InChI=1S/C48H31N3S/c1-3-14-32(15-4-1)33-26-28-34(29-27-33)41-31-42(50-48(49-41)35-16-5-2-6-17-35)36-18-13-19-37(30-36)51-43-23-10-7-20-38(43)46-40-22-9-12-25-45(40)52-47(46)39-21-8-11-24-44(39)51/h1-31H. The van der Waals surface area contributed by atoms with Crippen molar-refractivity contribution in [3.05, 3.63) is 188 Å². The fourth-order valence-corrected chi connectivity index (χ4v) is 8.63. The molecule has 2 aromatic heterocycles. The molecule has 3 heterocycles. The number of hydrogen-bond acceptors (Lipinski definition) is 4. The molecule has 0 saturated carbocycles. The van der Waals surface area contributed by atoms with E-state index in [1.807, 2.05) is 35.6 Å². The molecule has 0 amide bonds. The normalized spacial score (nSPS) is 11.8. The number of para-hydroxylation sites is 2. The lowest BCUT2D eigenvalue weighted by atomic mass is 9.99. The molecule has 52 heavy (non-hydrogen) atoms. The van der Waals surface area contributed by atoms with Gasteiger partial charge >= 0.3 is 0 Å². The third kappa shape index (κ3) is 5.20. The first-order valence-corrected chi connectivity index (χ1v) is 18.3. The van der Waals surface area contributed by atoms with Crippen LogP contribution < -0.4 is 4.90 Å². The van der Waals surface area contributed by atoms with Crippen molar-refractivity contribution in [1.82, 2.24) is 9.97 Å². The molecule has 244 valence electrons. The van der Waals surface area contributed by atoms with E-state index in [2.05, 4.69) is 169 Å². The van der Waals surface area contributed by atoms with Crippen molar-refractivity contribution in [2.45, 2.75) is 0 Å². The summed E-state index contributed by atoms with van der Waals surface area (Å²) in [6.07, 6.45) is 0. The summed E-state index contributed by atoms with van der Waals surface area (Å²) in [7, 11) is 0. The van der Waals surface area contributed by atoms with Crippen LogP contribution >= 0.6 is 11.3 Å². The monoisotopic (exact) mass is 681 g/mol. The molecule has 4 heteroatoms. The maximum atomic E-state index is 5.19. The van der Waals surface area contributed by atoms with Gasteiger partial charge in [-0.05, 0) is 47.5 Å². The summed E-state index contributed by atoms with van der Waals surface area (Å²) in [6, 6.07) is 66.7. The highest BCUT2D eigenvalue weighted by molar-refractivity contribution is 7.23. The molecule has 0 unspecified atom stereocenters. The third-order valence-electron chi connectivity index (χ3n) is 9.85. The van der Waals surface area contributed by atoms with Crippen molar-refractivity contribution in [3.63, 3.8) is 0 Å². The summed E-state index contributed by atoms with van der Waals surface area (Å²) in [4.78, 5) is 14.0. The summed E-state index contributed by atoms with van der Waals surface area (Å²) in [5, 5.41) is 1.29. The van der Waals surface area contributed by atoms with Gasteiger partial charge in [-0.25, -0.2) is 9.97 Å². The van der Waals surface area contributed by atoms with Gasteiger partial charge in [0.05, 0.1) is 22.8 Å². The Morgan fingerprint density at radius 1 is 0.404 bits per heavy atom. The SMILES string of the molecule is c1ccc(-c2ccc(-c3cc(-c4cccc(N5c6ccccc6-c6sc7ccccc7c6-c6ccccc65)c4)nc(-c4ccccc4)n3)cc2)cc1. The van der Waals surface area contributed by atoms with Crippen molar-refractivity contribution in [3.8, 4) is 66.6 Å². The second-order valence-corrected chi connectivity index (χ2v) is 14.0. The van der Waals surface area contributed by atoms with Gasteiger partial charge in [-0.3, -0.25) is 0 Å². The van der Waals surface area contributed by atoms with Crippen LogP contribution in [0.15, 0.2) is 188 Å². The van der Waals surface area contributed by atoms with Crippen molar-refractivity contribution in [2.24, 2.45) is 0 Å². The average Bonchev–Trinajstić information content (AvgIpc) is 3.56. The van der Waals surface area contributed by atoms with Crippen LogP contribution in [0.2, 0.25) is 0 Å². The molecule has 0 saturated heterocycles. The number of hydrogen-bond donors (Lipinski definition) is 0. The number of benzene rings is 7. The van der Waals surface area contributed by atoms with Gasteiger partial charge in [-0.1, -0.05) is 152 Å². The van der Waals surface area contributed by atoms with Crippen LogP contribution in [-0.2, 0) is 0 Å². The number of nitrogens with zero attached hydrogens (tertiary/aromatic N) is 3. The lowest BCUT2D eigenvalue weighted by Gasteiger charge is -2.27.